The van der Waals surface area contributed by atoms with Crippen molar-refractivity contribution >= 4 is 0 Å². The van der Waals surface area contributed by atoms with Crippen molar-refractivity contribution in [2.75, 3.05) is 32.9 Å². The summed E-state index contributed by atoms with van der Waals surface area (Å²) >= 11 is 0. The van der Waals surface area contributed by atoms with E-state index in [4.69, 9.17) is 9.84 Å². The van der Waals surface area contributed by atoms with Gasteiger partial charge in [0, 0.05) is 19.7 Å². The van der Waals surface area contributed by atoms with Gasteiger partial charge in [-0.05, 0) is 6.92 Å². The van der Waals surface area contributed by atoms with Crippen molar-refractivity contribution in [2.45, 2.75) is 6.92 Å². The first-order chi connectivity index (χ1) is 4.41. The number of aliphatic hydroxyl groups is 1. The Hall–Kier alpha value is 0.880. The maximum atomic E-state index is 7.57. The molecule has 0 unspecified atom stereocenters. The summed E-state index contributed by atoms with van der Waals surface area (Å²) in [7, 11) is 0. The Morgan fingerprint density at radius 3 is 2.00 bits per heavy atom. The van der Waals surface area contributed by atoms with Crippen molar-refractivity contribution in [3.63, 3.8) is 0 Å². The zero-order chi connectivity index (χ0) is 6.95. The summed E-state index contributed by atoms with van der Waals surface area (Å²) in [6.45, 7) is 5.76. The summed E-state index contributed by atoms with van der Waals surface area (Å²) in [5.41, 5.74) is 0. The topological polar surface area (TPSA) is 41.5 Å². The van der Waals surface area contributed by atoms with E-state index in [1.54, 1.807) is 6.92 Å². The second-order valence-corrected chi connectivity index (χ2v) is 1.68. The van der Waals surface area contributed by atoms with Gasteiger partial charge in [-0.15, -0.1) is 0 Å². The van der Waals surface area contributed by atoms with Crippen LogP contribution in [0.1, 0.15) is 8.35 Å². The average molecular weight is 157 g/mol. The predicted octanol–water partition coefficient (Wildman–Crippen LogP) is -3.28. The van der Waals surface area contributed by atoms with Crippen molar-refractivity contribution in [1.29, 1.82) is 0 Å². The molecule has 0 aromatic rings. The zero-order valence-corrected chi connectivity index (χ0v) is 8.89. The Kier molecular flexibility index (Phi) is 16.9. The maximum Gasteiger partial charge on any atom is 1.00 e. The van der Waals surface area contributed by atoms with Crippen LogP contribution in [0.3, 0.4) is 0 Å². The van der Waals surface area contributed by atoms with E-state index < -0.39 is 0 Å². The van der Waals surface area contributed by atoms with E-state index in [0.717, 1.165) is 26.3 Å². The largest absolute Gasteiger partial charge is 1.00 e. The third-order valence-corrected chi connectivity index (χ3v) is 0.846. The van der Waals surface area contributed by atoms with E-state index in [9.17, 15) is 0 Å². The Labute approximate surface area is 85.9 Å². The van der Waals surface area contributed by atoms with Crippen LogP contribution >= 0.6 is 0 Å². The molecular weight excluding hydrogens is 141 g/mol. The molecule has 0 atom stereocenters. The molecule has 3 nitrogen and oxygen atoms in total. The van der Waals surface area contributed by atoms with Gasteiger partial charge < -0.3 is 16.6 Å². The predicted molar refractivity (Wildman–Crippen MR) is 37.6 cm³/mol. The molecule has 10 heavy (non-hydrogen) atoms. The van der Waals surface area contributed by atoms with Crippen LogP contribution < -0.4 is 34.9 Å². The fourth-order valence-corrected chi connectivity index (χ4v) is 0.516. The minimum absolute atomic E-state index is 0. The Morgan fingerprint density at radius 2 is 1.90 bits per heavy atom. The van der Waals surface area contributed by atoms with Crippen LogP contribution in [0, 0.1) is 0 Å². The van der Waals surface area contributed by atoms with Gasteiger partial charge in [-0.25, -0.2) is 0 Å². The SMILES string of the molecule is C1COCCN1.CCO.[H-].[Na+]. The van der Waals surface area contributed by atoms with Gasteiger partial charge >= 0.3 is 29.6 Å². The van der Waals surface area contributed by atoms with Gasteiger partial charge in [-0.3, -0.25) is 0 Å². The molecule has 1 heterocycles. The number of aliphatic hydroxyl groups excluding tert-OH is 1. The molecule has 1 aliphatic heterocycles. The van der Waals surface area contributed by atoms with Crippen molar-refractivity contribution in [3.8, 4) is 0 Å². The number of nitrogens with one attached hydrogen (secondary N) is 1. The molecule has 0 saturated carbocycles. The van der Waals surface area contributed by atoms with Gasteiger partial charge in [0.1, 0.15) is 0 Å². The monoisotopic (exact) mass is 157 g/mol. The molecule has 2 N–H and O–H groups in total. The van der Waals surface area contributed by atoms with E-state index >= 15 is 0 Å². The first-order valence-corrected chi connectivity index (χ1v) is 3.31. The molecule has 0 amide bonds. The Morgan fingerprint density at radius 1 is 1.50 bits per heavy atom. The molecule has 1 aliphatic rings. The molecule has 58 valence electrons. The maximum absolute atomic E-state index is 7.57. The van der Waals surface area contributed by atoms with Crippen LogP contribution in [0.15, 0.2) is 0 Å². The number of hydrogen-bond donors (Lipinski definition) is 2. The average Bonchev–Trinajstić information content (AvgIpc) is 1.93. The second-order valence-electron chi connectivity index (χ2n) is 1.68. The molecule has 0 aromatic heterocycles. The molecule has 4 heteroatoms. The molecular formula is C6H16NNaO2. The van der Waals surface area contributed by atoms with E-state index in [1.165, 1.54) is 0 Å². The van der Waals surface area contributed by atoms with Gasteiger partial charge in [0.2, 0.25) is 0 Å². The van der Waals surface area contributed by atoms with Crippen LogP contribution in [-0.4, -0.2) is 38.0 Å². The number of hydrogen-bond acceptors (Lipinski definition) is 3. The van der Waals surface area contributed by atoms with Crippen LogP contribution in [0.25, 0.3) is 0 Å². The minimum atomic E-state index is 0. The second kappa shape index (κ2) is 12.5. The van der Waals surface area contributed by atoms with Crippen LogP contribution in [0.4, 0.5) is 0 Å². The summed E-state index contributed by atoms with van der Waals surface area (Å²) in [6.07, 6.45) is 0. The van der Waals surface area contributed by atoms with Crippen molar-refractivity contribution in [2.24, 2.45) is 0 Å². The van der Waals surface area contributed by atoms with Gasteiger partial charge in [0.25, 0.3) is 0 Å². The minimum Gasteiger partial charge on any atom is -1.00 e. The first kappa shape index (κ1) is 13.5. The first-order valence-electron chi connectivity index (χ1n) is 3.31. The standard InChI is InChI=1S/C4H9NO.C2H6O.Na.H/c1-3-6-4-2-5-1;1-2-3;;/h5H,1-4H2;3H,2H2,1H3;;/q;;+1;-1. The molecule has 1 saturated heterocycles. The van der Waals surface area contributed by atoms with Gasteiger partial charge in [-0.1, -0.05) is 0 Å². The number of morpholine rings is 1. The zero-order valence-electron chi connectivity index (χ0n) is 7.89. The van der Waals surface area contributed by atoms with Crippen LogP contribution in [0.2, 0.25) is 0 Å². The normalized spacial score (nSPS) is 16.2. The quantitative estimate of drug-likeness (QED) is 0.362. The molecule has 1 rings (SSSR count). The molecule has 0 spiro atoms. The Balaban J connectivity index is -0.000000116. The molecule has 0 radical (unpaired) electrons. The summed E-state index contributed by atoms with van der Waals surface area (Å²) in [4.78, 5) is 0. The summed E-state index contributed by atoms with van der Waals surface area (Å²) < 4.78 is 5.01. The van der Waals surface area contributed by atoms with Crippen molar-refractivity contribution in [1.82, 2.24) is 5.32 Å². The van der Waals surface area contributed by atoms with Gasteiger partial charge in [-0.2, -0.15) is 0 Å². The summed E-state index contributed by atoms with van der Waals surface area (Å²) in [5, 5.41) is 10.7. The summed E-state index contributed by atoms with van der Waals surface area (Å²) in [6, 6.07) is 0. The van der Waals surface area contributed by atoms with E-state index in [2.05, 4.69) is 5.32 Å². The van der Waals surface area contributed by atoms with Gasteiger partial charge in [0.15, 0.2) is 0 Å². The molecule has 0 aromatic carbocycles. The third-order valence-electron chi connectivity index (χ3n) is 0.846. The summed E-state index contributed by atoms with van der Waals surface area (Å²) in [5.74, 6) is 0. The van der Waals surface area contributed by atoms with Crippen molar-refractivity contribution in [3.05, 3.63) is 0 Å². The fourth-order valence-electron chi connectivity index (χ4n) is 0.516. The van der Waals surface area contributed by atoms with Crippen LogP contribution in [-0.2, 0) is 4.74 Å². The number of rotatable bonds is 0. The third kappa shape index (κ3) is 11.6. The van der Waals surface area contributed by atoms with Gasteiger partial charge in [0.05, 0.1) is 13.2 Å². The Bertz CT molecular complexity index is 44.3. The smallest absolute Gasteiger partial charge is 1.00 e. The van der Waals surface area contributed by atoms with E-state index in [-0.39, 0.29) is 37.6 Å². The molecule has 0 bridgehead atoms. The fraction of sp³-hybridized carbons (Fsp3) is 1.00. The molecule has 0 aliphatic carbocycles. The van der Waals surface area contributed by atoms with E-state index in [1.807, 2.05) is 0 Å². The molecule has 1 fully saturated rings. The van der Waals surface area contributed by atoms with Crippen molar-refractivity contribution < 1.29 is 40.8 Å². The van der Waals surface area contributed by atoms with E-state index in [0.29, 0.717) is 0 Å². The van der Waals surface area contributed by atoms with Crippen LogP contribution in [0.5, 0.6) is 0 Å². The number of ether oxygens (including phenoxy) is 1.